The number of carbonyl (C=O) groups excluding carboxylic acids is 1. The van der Waals surface area contributed by atoms with Gasteiger partial charge < -0.3 is 10.6 Å². The van der Waals surface area contributed by atoms with E-state index in [1.54, 1.807) is 11.8 Å². The zero-order valence-electron chi connectivity index (χ0n) is 10.8. The Bertz CT molecular complexity index is 656. The molecule has 3 nitrogen and oxygen atoms in total. The summed E-state index contributed by atoms with van der Waals surface area (Å²) in [6, 6.07) is 8.19. The molecule has 1 aliphatic heterocycles. The molecule has 3 rings (SSSR count). The minimum absolute atomic E-state index is 0.0531. The fourth-order valence-corrected chi connectivity index (χ4v) is 3.83. The molecule has 1 amide bonds. The van der Waals surface area contributed by atoms with E-state index in [4.69, 9.17) is 11.6 Å². The van der Waals surface area contributed by atoms with E-state index in [1.165, 1.54) is 11.3 Å². The number of thioether (sulfide) groups is 1. The molecular formula is C14H13ClN2OS2. The van der Waals surface area contributed by atoms with E-state index < -0.39 is 0 Å². The van der Waals surface area contributed by atoms with E-state index in [1.807, 2.05) is 24.3 Å². The number of amides is 1. The van der Waals surface area contributed by atoms with Crippen molar-refractivity contribution in [3.05, 3.63) is 39.5 Å². The third kappa shape index (κ3) is 2.95. The third-order valence-electron chi connectivity index (χ3n) is 3.08. The Morgan fingerprint density at radius 2 is 2.25 bits per heavy atom. The van der Waals surface area contributed by atoms with Crippen LogP contribution in [0, 0.1) is 0 Å². The Hall–Kier alpha value is -1.17. The van der Waals surface area contributed by atoms with Crippen molar-refractivity contribution < 1.29 is 4.79 Å². The number of halogens is 1. The summed E-state index contributed by atoms with van der Waals surface area (Å²) in [5.41, 5.74) is 3.03. The van der Waals surface area contributed by atoms with Crippen LogP contribution in [-0.2, 0) is 4.79 Å². The lowest BCUT2D eigenvalue weighted by Crippen LogP contribution is -2.18. The van der Waals surface area contributed by atoms with Crippen molar-refractivity contribution in [3.8, 4) is 0 Å². The molecule has 0 fully saturated rings. The normalized spacial score (nSPS) is 15.4. The fourth-order valence-electron chi connectivity index (χ4n) is 2.06. The highest BCUT2D eigenvalue weighted by Crippen LogP contribution is 2.34. The Morgan fingerprint density at radius 1 is 1.40 bits per heavy atom. The summed E-state index contributed by atoms with van der Waals surface area (Å²) in [6.07, 6.45) is 0. The van der Waals surface area contributed by atoms with Gasteiger partial charge in [-0.3, -0.25) is 4.79 Å². The number of fused-ring (bicyclic) bond motifs is 1. The van der Waals surface area contributed by atoms with E-state index in [2.05, 4.69) is 22.9 Å². The number of carbonyl (C=O) groups is 1. The summed E-state index contributed by atoms with van der Waals surface area (Å²) in [6.45, 7) is 2.09. The van der Waals surface area contributed by atoms with Gasteiger partial charge in [-0.1, -0.05) is 11.6 Å². The molecule has 0 bridgehead atoms. The highest BCUT2D eigenvalue weighted by molar-refractivity contribution is 8.00. The van der Waals surface area contributed by atoms with Gasteiger partial charge in [0, 0.05) is 16.6 Å². The van der Waals surface area contributed by atoms with E-state index >= 15 is 0 Å². The molecule has 1 aliphatic rings. The average Bonchev–Trinajstić information content (AvgIpc) is 2.85. The molecule has 0 aliphatic carbocycles. The molecule has 104 valence electrons. The number of nitrogens with one attached hydrogen (secondary N) is 2. The van der Waals surface area contributed by atoms with Crippen molar-refractivity contribution in [2.75, 3.05) is 16.4 Å². The van der Waals surface area contributed by atoms with E-state index in [0.29, 0.717) is 5.75 Å². The molecule has 1 aromatic carbocycles. The van der Waals surface area contributed by atoms with Crippen LogP contribution in [0.3, 0.4) is 0 Å². The maximum Gasteiger partial charge on any atom is 0.234 e. The Balaban J connectivity index is 1.78. The van der Waals surface area contributed by atoms with Crippen LogP contribution in [0.25, 0.3) is 0 Å². The standard InChI is InChI=1S/C14H13ClN2OS2/c1-8(9-4-13(15)20-6-9)16-10-2-3-12-11(5-10)17-14(18)7-19-12/h2-6,8,16H,7H2,1H3,(H,17,18). The van der Waals surface area contributed by atoms with Gasteiger partial charge in [0.15, 0.2) is 0 Å². The molecule has 6 heteroatoms. The van der Waals surface area contributed by atoms with E-state index in [0.717, 1.165) is 26.2 Å². The lowest BCUT2D eigenvalue weighted by molar-refractivity contribution is -0.113. The van der Waals surface area contributed by atoms with Gasteiger partial charge in [-0.15, -0.1) is 23.1 Å². The monoisotopic (exact) mass is 324 g/mol. The quantitative estimate of drug-likeness (QED) is 0.865. The van der Waals surface area contributed by atoms with E-state index in [9.17, 15) is 4.79 Å². The first-order chi connectivity index (χ1) is 9.61. The number of thiophene rings is 1. The second-order valence-electron chi connectivity index (χ2n) is 4.60. The summed E-state index contributed by atoms with van der Waals surface area (Å²) in [5.74, 6) is 0.543. The van der Waals surface area contributed by atoms with Crippen LogP contribution in [0.15, 0.2) is 34.5 Å². The van der Waals surface area contributed by atoms with Crippen molar-refractivity contribution >= 4 is 52.0 Å². The third-order valence-corrected chi connectivity index (χ3v) is 5.27. The smallest absolute Gasteiger partial charge is 0.234 e. The van der Waals surface area contributed by atoms with Crippen LogP contribution >= 0.6 is 34.7 Å². The van der Waals surface area contributed by atoms with Crippen molar-refractivity contribution in [2.45, 2.75) is 17.9 Å². The van der Waals surface area contributed by atoms with Gasteiger partial charge in [-0.25, -0.2) is 0 Å². The Labute approximate surface area is 130 Å². The number of benzene rings is 1. The van der Waals surface area contributed by atoms with Gasteiger partial charge in [-0.05, 0) is 42.1 Å². The van der Waals surface area contributed by atoms with Crippen LogP contribution in [0.4, 0.5) is 11.4 Å². The molecule has 0 radical (unpaired) electrons. The van der Waals surface area contributed by atoms with Gasteiger partial charge in [0.1, 0.15) is 0 Å². The molecule has 0 saturated heterocycles. The highest BCUT2D eigenvalue weighted by atomic mass is 35.5. The molecule has 1 atom stereocenters. The van der Waals surface area contributed by atoms with E-state index in [-0.39, 0.29) is 11.9 Å². The largest absolute Gasteiger partial charge is 0.378 e. The van der Waals surface area contributed by atoms with Gasteiger partial charge in [-0.2, -0.15) is 0 Å². The number of hydrogen-bond acceptors (Lipinski definition) is 4. The summed E-state index contributed by atoms with van der Waals surface area (Å²) in [5, 5.41) is 8.37. The van der Waals surface area contributed by atoms with Crippen LogP contribution in [0.2, 0.25) is 4.34 Å². The first kappa shape index (κ1) is 13.8. The first-order valence-electron chi connectivity index (χ1n) is 6.19. The van der Waals surface area contributed by atoms with Crippen molar-refractivity contribution in [1.82, 2.24) is 0 Å². The number of hydrogen-bond donors (Lipinski definition) is 2. The lowest BCUT2D eigenvalue weighted by Gasteiger charge is -2.19. The topological polar surface area (TPSA) is 41.1 Å². The molecule has 2 heterocycles. The van der Waals surface area contributed by atoms with Gasteiger partial charge in [0.2, 0.25) is 5.91 Å². The summed E-state index contributed by atoms with van der Waals surface area (Å²) in [7, 11) is 0. The Morgan fingerprint density at radius 3 is 3.00 bits per heavy atom. The summed E-state index contributed by atoms with van der Waals surface area (Å²) >= 11 is 9.06. The van der Waals surface area contributed by atoms with Crippen LogP contribution in [0.1, 0.15) is 18.5 Å². The van der Waals surface area contributed by atoms with Gasteiger partial charge in [0.25, 0.3) is 0 Å². The number of anilines is 2. The van der Waals surface area contributed by atoms with Gasteiger partial charge >= 0.3 is 0 Å². The molecule has 2 aromatic rings. The molecular weight excluding hydrogens is 312 g/mol. The summed E-state index contributed by atoms with van der Waals surface area (Å²) in [4.78, 5) is 12.5. The van der Waals surface area contributed by atoms with Crippen molar-refractivity contribution in [3.63, 3.8) is 0 Å². The second kappa shape index (κ2) is 5.68. The second-order valence-corrected chi connectivity index (χ2v) is 7.16. The molecule has 0 saturated carbocycles. The average molecular weight is 325 g/mol. The first-order valence-corrected chi connectivity index (χ1v) is 8.43. The van der Waals surface area contributed by atoms with Crippen LogP contribution in [-0.4, -0.2) is 11.7 Å². The van der Waals surface area contributed by atoms with Crippen molar-refractivity contribution in [1.29, 1.82) is 0 Å². The molecule has 1 unspecified atom stereocenters. The fraction of sp³-hybridized carbons (Fsp3) is 0.214. The zero-order valence-corrected chi connectivity index (χ0v) is 13.2. The highest BCUT2D eigenvalue weighted by Gasteiger charge is 2.16. The number of rotatable bonds is 3. The molecule has 0 spiro atoms. The van der Waals surface area contributed by atoms with Crippen molar-refractivity contribution in [2.24, 2.45) is 0 Å². The van der Waals surface area contributed by atoms with Crippen LogP contribution < -0.4 is 10.6 Å². The van der Waals surface area contributed by atoms with Crippen LogP contribution in [0.5, 0.6) is 0 Å². The minimum Gasteiger partial charge on any atom is -0.378 e. The minimum atomic E-state index is 0.0531. The lowest BCUT2D eigenvalue weighted by atomic mass is 10.1. The summed E-state index contributed by atoms with van der Waals surface area (Å²) < 4.78 is 0.794. The molecule has 20 heavy (non-hydrogen) atoms. The Kier molecular flexibility index (Phi) is 3.92. The maximum atomic E-state index is 11.4. The zero-order chi connectivity index (χ0) is 14.1. The maximum absolute atomic E-state index is 11.4. The molecule has 2 N–H and O–H groups in total. The predicted molar refractivity (Wildman–Crippen MR) is 87.2 cm³/mol. The van der Waals surface area contributed by atoms with Gasteiger partial charge in [0.05, 0.1) is 15.8 Å². The molecule has 1 aromatic heterocycles. The predicted octanol–water partition coefficient (Wildman–Crippen LogP) is 4.62. The SMILES string of the molecule is CC(Nc1ccc2c(c1)NC(=O)CS2)c1csc(Cl)c1.